The molecule has 1 aromatic rings. The van der Waals surface area contributed by atoms with Crippen LogP contribution in [0.5, 0.6) is 0 Å². The standard InChI is InChI=1S/C12H18N2O3S.ClH/c1-9(13)6-7-12(15)14-10-4-3-5-11(8-10)18(2,16)17;/h3-5,8-9H,6-7,13H2,1-2H3,(H,14,15);1H. The lowest BCUT2D eigenvalue weighted by atomic mass is 10.2. The van der Waals surface area contributed by atoms with Gasteiger partial charge >= 0.3 is 0 Å². The van der Waals surface area contributed by atoms with Gasteiger partial charge in [-0.25, -0.2) is 8.42 Å². The number of nitrogens with one attached hydrogen (secondary N) is 1. The van der Waals surface area contributed by atoms with Crippen molar-refractivity contribution in [3.05, 3.63) is 24.3 Å². The van der Waals surface area contributed by atoms with Crippen molar-refractivity contribution in [3.8, 4) is 0 Å². The average molecular weight is 307 g/mol. The molecule has 0 aliphatic heterocycles. The van der Waals surface area contributed by atoms with E-state index in [9.17, 15) is 13.2 Å². The Morgan fingerprint density at radius 3 is 2.58 bits per heavy atom. The maximum Gasteiger partial charge on any atom is 0.224 e. The van der Waals surface area contributed by atoms with Crippen LogP contribution in [-0.2, 0) is 14.6 Å². The molecular weight excluding hydrogens is 288 g/mol. The highest BCUT2D eigenvalue weighted by molar-refractivity contribution is 7.90. The van der Waals surface area contributed by atoms with E-state index in [-0.39, 0.29) is 29.3 Å². The Labute approximate surface area is 119 Å². The number of carbonyl (C=O) groups is 1. The maximum atomic E-state index is 11.6. The number of hydrogen-bond donors (Lipinski definition) is 2. The molecule has 1 unspecified atom stereocenters. The number of benzene rings is 1. The summed E-state index contributed by atoms with van der Waals surface area (Å²) < 4.78 is 22.7. The summed E-state index contributed by atoms with van der Waals surface area (Å²) >= 11 is 0. The van der Waals surface area contributed by atoms with Crippen molar-refractivity contribution in [2.24, 2.45) is 5.73 Å². The van der Waals surface area contributed by atoms with E-state index >= 15 is 0 Å². The summed E-state index contributed by atoms with van der Waals surface area (Å²) in [6.45, 7) is 1.83. The first-order chi connectivity index (χ1) is 8.29. The fourth-order valence-electron chi connectivity index (χ4n) is 1.39. The Kier molecular flexibility index (Phi) is 7.04. The first-order valence-corrected chi connectivity index (χ1v) is 7.54. The SMILES string of the molecule is CC(N)CCC(=O)Nc1cccc(S(C)(=O)=O)c1.Cl. The predicted octanol–water partition coefficient (Wildman–Crippen LogP) is 1.58. The molecule has 1 aromatic carbocycles. The van der Waals surface area contributed by atoms with Crippen LogP contribution < -0.4 is 11.1 Å². The van der Waals surface area contributed by atoms with Gasteiger partial charge in [0, 0.05) is 24.4 Å². The Hall–Kier alpha value is -1.11. The highest BCUT2D eigenvalue weighted by Crippen LogP contribution is 2.15. The Morgan fingerprint density at radius 2 is 2.05 bits per heavy atom. The number of amides is 1. The second-order valence-corrected chi connectivity index (χ2v) is 6.38. The van der Waals surface area contributed by atoms with Crippen LogP contribution in [-0.4, -0.2) is 26.6 Å². The summed E-state index contributed by atoms with van der Waals surface area (Å²) in [5.74, 6) is -0.169. The van der Waals surface area contributed by atoms with Crippen LogP contribution in [0.15, 0.2) is 29.2 Å². The van der Waals surface area contributed by atoms with Gasteiger partial charge < -0.3 is 11.1 Å². The molecule has 0 spiro atoms. The van der Waals surface area contributed by atoms with Gasteiger partial charge in [0.25, 0.3) is 0 Å². The highest BCUT2D eigenvalue weighted by atomic mass is 35.5. The number of carbonyl (C=O) groups excluding carboxylic acids is 1. The van der Waals surface area contributed by atoms with Gasteiger partial charge in [-0.05, 0) is 31.5 Å². The third-order valence-electron chi connectivity index (χ3n) is 2.37. The number of sulfone groups is 1. The van der Waals surface area contributed by atoms with Gasteiger partial charge in [0.15, 0.2) is 9.84 Å². The number of nitrogens with two attached hydrogens (primary N) is 1. The molecular formula is C12H19ClN2O3S. The molecule has 0 fully saturated rings. The normalized spacial score (nSPS) is 12.4. The molecule has 0 aliphatic rings. The lowest BCUT2D eigenvalue weighted by molar-refractivity contribution is -0.116. The Balaban J connectivity index is 0.00000324. The van der Waals surface area contributed by atoms with E-state index in [4.69, 9.17) is 5.73 Å². The van der Waals surface area contributed by atoms with E-state index in [0.717, 1.165) is 6.26 Å². The van der Waals surface area contributed by atoms with Crippen LogP contribution >= 0.6 is 12.4 Å². The summed E-state index contributed by atoms with van der Waals surface area (Å²) in [5, 5.41) is 2.65. The minimum atomic E-state index is -3.26. The van der Waals surface area contributed by atoms with Gasteiger partial charge in [-0.3, -0.25) is 4.79 Å². The monoisotopic (exact) mass is 306 g/mol. The second kappa shape index (κ2) is 7.47. The lowest BCUT2D eigenvalue weighted by Gasteiger charge is -2.08. The molecule has 19 heavy (non-hydrogen) atoms. The Bertz CT molecular complexity index is 530. The molecule has 0 heterocycles. The van der Waals surface area contributed by atoms with Crippen molar-refractivity contribution < 1.29 is 13.2 Å². The van der Waals surface area contributed by atoms with Crippen molar-refractivity contribution >= 4 is 33.8 Å². The summed E-state index contributed by atoms with van der Waals surface area (Å²) in [4.78, 5) is 11.7. The number of hydrogen-bond acceptors (Lipinski definition) is 4. The molecule has 1 amide bonds. The highest BCUT2D eigenvalue weighted by Gasteiger charge is 2.09. The molecule has 0 aliphatic carbocycles. The van der Waals surface area contributed by atoms with E-state index in [1.807, 2.05) is 6.92 Å². The molecule has 1 rings (SSSR count). The van der Waals surface area contributed by atoms with Crippen LogP contribution in [0, 0.1) is 0 Å². The average Bonchev–Trinajstić information content (AvgIpc) is 2.25. The minimum Gasteiger partial charge on any atom is -0.328 e. The molecule has 0 saturated carbocycles. The van der Waals surface area contributed by atoms with E-state index in [1.165, 1.54) is 12.1 Å². The van der Waals surface area contributed by atoms with E-state index in [0.29, 0.717) is 18.5 Å². The topological polar surface area (TPSA) is 89.3 Å². The van der Waals surface area contributed by atoms with Crippen molar-refractivity contribution in [1.29, 1.82) is 0 Å². The molecule has 3 N–H and O–H groups in total. The fourth-order valence-corrected chi connectivity index (χ4v) is 2.05. The minimum absolute atomic E-state index is 0. The molecule has 108 valence electrons. The molecule has 0 radical (unpaired) electrons. The smallest absolute Gasteiger partial charge is 0.224 e. The van der Waals surface area contributed by atoms with Gasteiger partial charge in [0.1, 0.15) is 0 Å². The molecule has 7 heteroatoms. The molecule has 1 atom stereocenters. The summed E-state index contributed by atoms with van der Waals surface area (Å²) in [5.41, 5.74) is 6.04. The van der Waals surface area contributed by atoms with E-state index in [2.05, 4.69) is 5.32 Å². The zero-order valence-corrected chi connectivity index (χ0v) is 12.6. The van der Waals surface area contributed by atoms with Crippen molar-refractivity contribution in [2.45, 2.75) is 30.7 Å². The van der Waals surface area contributed by atoms with Crippen LogP contribution in [0.25, 0.3) is 0 Å². The van der Waals surface area contributed by atoms with Gasteiger partial charge in [-0.1, -0.05) is 6.07 Å². The van der Waals surface area contributed by atoms with Crippen LogP contribution in [0.3, 0.4) is 0 Å². The summed E-state index contributed by atoms with van der Waals surface area (Å²) in [7, 11) is -3.26. The first-order valence-electron chi connectivity index (χ1n) is 5.64. The predicted molar refractivity (Wildman–Crippen MR) is 78.3 cm³/mol. The van der Waals surface area contributed by atoms with Crippen molar-refractivity contribution in [2.75, 3.05) is 11.6 Å². The molecule has 0 saturated heterocycles. The molecule has 0 bridgehead atoms. The van der Waals surface area contributed by atoms with Gasteiger partial charge in [0.05, 0.1) is 4.90 Å². The van der Waals surface area contributed by atoms with E-state index < -0.39 is 9.84 Å². The maximum absolute atomic E-state index is 11.6. The molecule has 5 nitrogen and oxygen atoms in total. The van der Waals surface area contributed by atoms with Crippen molar-refractivity contribution in [3.63, 3.8) is 0 Å². The number of anilines is 1. The second-order valence-electron chi connectivity index (χ2n) is 4.36. The van der Waals surface area contributed by atoms with Gasteiger partial charge in [-0.15, -0.1) is 12.4 Å². The van der Waals surface area contributed by atoms with Crippen LogP contribution in [0.4, 0.5) is 5.69 Å². The number of halogens is 1. The third kappa shape index (κ3) is 6.56. The Morgan fingerprint density at radius 1 is 1.42 bits per heavy atom. The van der Waals surface area contributed by atoms with Gasteiger partial charge in [-0.2, -0.15) is 0 Å². The van der Waals surface area contributed by atoms with E-state index in [1.54, 1.807) is 12.1 Å². The quantitative estimate of drug-likeness (QED) is 0.864. The van der Waals surface area contributed by atoms with Crippen LogP contribution in [0.1, 0.15) is 19.8 Å². The third-order valence-corrected chi connectivity index (χ3v) is 3.48. The fraction of sp³-hybridized carbons (Fsp3) is 0.417. The largest absolute Gasteiger partial charge is 0.328 e. The van der Waals surface area contributed by atoms with Crippen molar-refractivity contribution in [1.82, 2.24) is 0 Å². The van der Waals surface area contributed by atoms with Gasteiger partial charge in [0.2, 0.25) is 5.91 Å². The summed E-state index contributed by atoms with van der Waals surface area (Å²) in [6, 6.07) is 6.15. The summed E-state index contributed by atoms with van der Waals surface area (Å²) in [6.07, 6.45) is 2.04. The lowest BCUT2D eigenvalue weighted by Crippen LogP contribution is -2.19. The number of rotatable bonds is 5. The zero-order valence-electron chi connectivity index (χ0n) is 10.9. The van der Waals surface area contributed by atoms with Crippen LogP contribution in [0.2, 0.25) is 0 Å². The first kappa shape index (κ1) is 17.9. The zero-order chi connectivity index (χ0) is 13.8. The molecule has 0 aromatic heterocycles.